The van der Waals surface area contributed by atoms with Crippen LogP contribution in [0.3, 0.4) is 0 Å². The Kier molecular flexibility index (Phi) is 3.14. The Balaban J connectivity index is 2.08. The lowest BCUT2D eigenvalue weighted by atomic mass is 9.91. The zero-order chi connectivity index (χ0) is 14.2. The van der Waals surface area contributed by atoms with Crippen LogP contribution in [0.15, 0.2) is 48.5 Å². The number of para-hydroxylation sites is 1. The highest BCUT2D eigenvalue weighted by atomic mass is 35.5. The van der Waals surface area contributed by atoms with E-state index in [-0.39, 0.29) is 0 Å². The van der Waals surface area contributed by atoms with E-state index in [1.54, 1.807) is 12.1 Å². The van der Waals surface area contributed by atoms with Crippen LogP contribution in [0.1, 0.15) is 17.5 Å². The summed E-state index contributed by atoms with van der Waals surface area (Å²) in [6, 6.07) is 14.9. The molecule has 1 aliphatic carbocycles. The quantitative estimate of drug-likeness (QED) is 0.905. The first-order chi connectivity index (χ1) is 9.63. The van der Waals surface area contributed by atoms with Crippen molar-refractivity contribution in [3.05, 3.63) is 64.7 Å². The van der Waals surface area contributed by atoms with Crippen LogP contribution in [0.25, 0.3) is 0 Å². The van der Waals surface area contributed by atoms with E-state index in [0.29, 0.717) is 17.1 Å². The number of halogens is 1. The predicted molar refractivity (Wildman–Crippen MR) is 79.2 cm³/mol. The van der Waals surface area contributed by atoms with E-state index in [4.69, 9.17) is 11.6 Å². The molecule has 0 radical (unpaired) electrons. The number of anilines is 1. The van der Waals surface area contributed by atoms with Gasteiger partial charge in [-0.15, -0.1) is 0 Å². The van der Waals surface area contributed by atoms with E-state index in [0.717, 1.165) is 17.5 Å². The number of aliphatic carboxylic acids is 1. The fraction of sp³-hybridized carbons (Fsp3) is 0.188. The monoisotopic (exact) mass is 287 g/mol. The summed E-state index contributed by atoms with van der Waals surface area (Å²) in [6.07, 6.45) is 1.27. The van der Waals surface area contributed by atoms with Crippen molar-refractivity contribution in [3.63, 3.8) is 0 Å². The van der Waals surface area contributed by atoms with Crippen molar-refractivity contribution in [1.29, 1.82) is 0 Å². The van der Waals surface area contributed by atoms with Crippen LogP contribution in [0, 0.1) is 0 Å². The molecule has 4 heteroatoms. The summed E-state index contributed by atoms with van der Waals surface area (Å²) >= 11 is 6.14. The van der Waals surface area contributed by atoms with Crippen LogP contribution < -0.4 is 5.32 Å². The van der Waals surface area contributed by atoms with Gasteiger partial charge in [0, 0.05) is 0 Å². The maximum Gasteiger partial charge on any atom is 0.334 e. The molecule has 1 unspecified atom stereocenters. The van der Waals surface area contributed by atoms with Gasteiger partial charge in [0.25, 0.3) is 0 Å². The first kappa shape index (κ1) is 13.0. The third-order valence-electron chi connectivity index (χ3n) is 3.83. The summed E-state index contributed by atoms with van der Waals surface area (Å²) in [6.45, 7) is 0. The maximum absolute atomic E-state index is 11.9. The fourth-order valence-electron chi connectivity index (χ4n) is 2.81. The standard InChI is InChI=1S/C16H14ClNO2/c17-13-7-3-4-8-14(13)18-16(15(19)20)10-9-11-5-1-2-6-12(11)16/h1-8,18H,9-10H2,(H,19,20). The number of carbonyl (C=O) groups is 1. The predicted octanol–water partition coefficient (Wildman–Crippen LogP) is 3.68. The number of fused-ring (bicyclic) bond motifs is 1. The van der Waals surface area contributed by atoms with Gasteiger partial charge >= 0.3 is 5.97 Å². The highest BCUT2D eigenvalue weighted by molar-refractivity contribution is 6.33. The van der Waals surface area contributed by atoms with Crippen molar-refractivity contribution in [2.75, 3.05) is 5.32 Å². The average molecular weight is 288 g/mol. The number of carboxylic acids is 1. The summed E-state index contributed by atoms with van der Waals surface area (Å²) in [5.41, 5.74) is 1.46. The lowest BCUT2D eigenvalue weighted by Crippen LogP contribution is -2.41. The second-order valence-electron chi connectivity index (χ2n) is 4.97. The summed E-state index contributed by atoms with van der Waals surface area (Å²) in [5, 5.41) is 13.4. The third-order valence-corrected chi connectivity index (χ3v) is 4.16. The normalized spacial score (nSPS) is 20.4. The van der Waals surface area contributed by atoms with E-state index in [9.17, 15) is 9.90 Å². The Bertz CT molecular complexity index is 671. The molecule has 1 aliphatic rings. The molecule has 1 atom stereocenters. The molecule has 3 rings (SSSR count). The molecular formula is C16H14ClNO2. The molecule has 3 nitrogen and oxygen atoms in total. The minimum absolute atomic E-state index is 0.521. The van der Waals surface area contributed by atoms with Gasteiger partial charge in [-0.25, -0.2) is 4.79 Å². The second-order valence-corrected chi connectivity index (χ2v) is 5.38. The minimum atomic E-state index is -1.10. The summed E-state index contributed by atoms with van der Waals surface area (Å²) in [7, 11) is 0. The Hall–Kier alpha value is -2.00. The number of carboxylic acid groups (broad SMARTS) is 1. The highest BCUT2D eigenvalue weighted by Crippen LogP contribution is 2.41. The third kappa shape index (κ3) is 1.95. The molecule has 2 aromatic carbocycles. The highest BCUT2D eigenvalue weighted by Gasteiger charge is 2.45. The largest absolute Gasteiger partial charge is 0.479 e. The number of aryl methyl sites for hydroxylation is 1. The molecule has 0 heterocycles. The van der Waals surface area contributed by atoms with Crippen LogP contribution in [0.4, 0.5) is 5.69 Å². The average Bonchev–Trinajstić information content (AvgIpc) is 2.82. The van der Waals surface area contributed by atoms with Gasteiger partial charge in [0.2, 0.25) is 0 Å². The Morgan fingerprint density at radius 1 is 1.15 bits per heavy atom. The number of hydrogen-bond donors (Lipinski definition) is 2. The number of nitrogens with one attached hydrogen (secondary N) is 1. The fourth-order valence-corrected chi connectivity index (χ4v) is 2.99. The number of rotatable bonds is 3. The van der Waals surface area contributed by atoms with E-state index in [1.165, 1.54) is 0 Å². The first-order valence-electron chi connectivity index (χ1n) is 6.48. The number of hydrogen-bond acceptors (Lipinski definition) is 2. The van der Waals surface area contributed by atoms with Crippen molar-refractivity contribution >= 4 is 23.3 Å². The van der Waals surface area contributed by atoms with Crippen LogP contribution in [0.5, 0.6) is 0 Å². The van der Waals surface area contributed by atoms with Gasteiger partial charge < -0.3 is 10.4 Å². The van der Waals surface area contributed by atoms with Crippen molar-refractivity contribution in [1.82, 2.24) is 0 Å². The topological polar surface area (TPSA) is 49.3 Å². The van der Waals surface area contributed by atoms with Crippen LogP contribution in [-0.2, 0) is 16.8 Å². The maximum atomic E-state index is 11.9. The molecule has 0 saturated heterocycles. The van der Waals surface area contributed by atoms with E-state index in [1.807, 2.05) is 36.4 Å². The Morgan fingerprint density at radius 2 is 1.85 bits per heavy atom. The number of benzene rings is 2. The van der Waals surface area contributed by atoms with Crippen LogP contribution >= 0.6 is 11.6 Å². The summed E-state index contributed by atoms with van der Waals surface area (Å²) in [5.74, 6) is -0.873. The van der Waals surface area contributed by atoms with E-state index in [2.05, 4.69) is 5.32 Å². The molecule has 0 bridgehead atoms. The van der Waals surface area contributed by atoms with Gasteiger partial charge in [0.1, 0.15) is 0 Å². The molecule has 102 valence electrons. The van der Waals surface area contributed by atoms with Crippen molar-refractivity contribution < 1.29 is 9.90 Å². The van der Waals surface area contributed by atoms with Gasteiger partial charge in [-0.3, -0.25) is 0 Å². The van der Waals surface area contributed by atoms with Gasteiger partial charge in [0.05, 0.1) is 10.7 Å². The molecule has 0 aliphatic heterocycles. The smallest absolute Gasteiger partial charge is 0.334 e. The van der Waals surface area contributed by atoms with Gasteiger partial charge in [-0.1, -0.05) is 48.0 Å². The first-order valence-corrected chi connectivity index (χ1v) is 6.86. The Labute approximate surface area is 122 Å². The lowest BCUT2D eigenvalue weighted by Gasteiger charge is -2.28. The SMILES string of the molecule is O=C(O)C1(Nc2ccccc2Cl)CCc2ccccc21. The molecule has 0 saturated carbocycles. The summed E-state index contributed by atoms with van der Waals surface area (Å²) in [4.78, 5) is 11.9. The molecule has 0 amide bonds. The second kappa shape index (κ2) is 4.84. The molecule has 0 aromatic heterocycles. The zero-order valence-corrected chi connectivity index (χ0v) is 11.5. The molecule has 0 spiro atoms. The van der Waals surface area contributed by atoms with Crippen molar-refractivity contribution in [2.45, 2.75) is 18.4 Å². The molecular weight excluding hydrogens is 274 g/mol. The van der Waals surface area contributed by atoms with Crippen LogP contribution in [0.2, 0.25) is 5.02 Å². The van der Waals surface area contributed by atoms with E-state index < -0.39 is 11.5 Å². The molecule has 2 aromatic rings. The minimum Gasteiger partial charge on any atom is -0.479 e. The van der Waals surface area contributed by atoms with Gasteiger partial charge in [0.15, 0.2) is 5.54 Å². The summed E-state index contributed by atoms with van der Waals surface area (Å²) < 4.78 is 0. The Morgan fingerprint density at radius 3 is 2.60 bits per heavy atom. The van der Waals surface area contributed by atoms with Gasteiger partial charge in [-0.05, 0) is 36.1 Å². The molecule has 0 fully saturated rings. The zero-order valence-electron chi connectivity index (χ0n) is 10.8. The molecule has 2 N–H and O–H groups in total. The van der Waals surface area contributed by atoms with Gasteiger partial charge in [-0.2, -0.15) is 0 Å². The van der Waals surface area contributed by atoms with Crippen LogP contribution in [-0.4, -0.2) is 11.1 Å². The van der Waals surface area contributed by atoms with Crippen molar-refractivity contribution in [3.8, 4) is 0 Å². The van der Waals surface area contributed by atoms with E-state index >= 15 is 0 Å². The van der Waals surface area contributed by atoms with Crippen molar-refractivity contribution in [2.24, 2.45) is 0 Å². The lowest BCUT2D eigenvalue weighted by molar-refractivity contribution is -0.142. The molecule has 20 heavy (non-hydrogen) atoms.